The third-order valence-electron chi connectivity index (χ3n) is 1.69. The molecule has 1 N–H and O–H groups in total. The molecule has 4 heteroatoms. The summed E-state index contributed by atoms with van der Waals surface area (Å²) in [5.74, 6) is 0.822. The highest BCUT2D eigenvalue weighted by atomic mass is 16.5. The summed E-state index contributed by atoms with van der Waals surface area (Å²) in [5.41, 5.74) is 0. The van der Waals surface area contributed by atoms with Gasteiger partial charge in [0.2, 0.25) is 0 Å². The van der Waals surface area contributed by atoms with E-state index in [1.165, 1.54) is 0 Å². The minimum atomic E-state index is 0.807. The zero-order valence-electron chi connectivity index (χ0n) is 8.57. The van der Waals surface area contributed by atoms with Crippen LogP contribution in [0.3, 0.4) is 0 Å². The van der Waals surface area contributed by atoms with Crippen LogP contribution < -0.4 is 5.32 Å². The van der Waals surface area contributed by atoms with E-state index in [1.54, 1.807) is 6.20 Å². The molecule has 0 aliphatic heterocycles. The molecule has 0 saturated carbocycles. The van der Waals surface area contributed by atoms with Gasteiger partial charge in [0.15, 0.2) is 0 Å². The fourth-order valence-electron chi connectivity index (χ4n) is 1.03. The van der Waals surface area contributed by atoms with Crippen molar-refractivity contribution >= 4 is 5.82 Å². The zero-order valence-corrected chi connectivity index (χ0v) is 8.57. The van der Waals surface area contributed by atoms with E-state index in [0.717, 1.165) is 38.4 Å². The first kappa shape index (κ1) is 10.9. The number of anilines is 1. The SMILES string of the molecule is CCCOCCCNc1cccnn1. The average Bonchev–Trinajstić information content (AvgIpc) is 2.25. The van der Waals surface area contributed by atoms with Crippen molar-refractivity contribution in [3.63, 3.8) is 0 Å². The summed E-state index contributed by atoms with van der Waals surface area (Å²) in [4.78, 5) is 0. The van der Waals surface area contributed by atoms with E-state index in [0.29, 0.717) is 0 Å². The van der Waals surface area contributed by atoms with Gasteiger partial charge in [-0.2, -0.15) is 5.10 Å². The molecule has 4 nitrogen and oxygen atoms in total. The van der Waals surface area contributed by atoms with Crippen LogP contribution in [0.5, 0.6) is 0 Å². The van der Waals surface area contributed by atoms with E-state index >= 15 is 0 Å². The lowest BCUT2D eigenvalue weighted by Gasteiger charge is -2.04. The largest absolute Gasteiger partial charge is 0.381 e. The molecule has 1 heterocycles. The van der Waals surface area contributed by atoms with Gasteiger partial charge >= 0.3 is 0 Å². The van der Waals surface area contributed by atoms with E-state index in [2.05, 4.69) is 22.4 Å². The van der Waals surface area contributed by atoms with E-state index in [1.807, 2.05) is 12.1 Å². The standard InChI is InChI=1S/C10H17N3O/c1-2-8-14-9-4-6-11-10-5-3-7-12-13-10/h3,5,7H,2,4,6,8-9H2,1H3,(H,11,13). The van der Waals surface area contributed by atoms with E-state index in [9.17, 15) is 0 Å². The van der Waals surface area contributed by atoms with Crippen LogP contribution in [-0.2, 0) is 4.74 Å². The molecule has 0 saturated heterocycles. The Morgan fingerprint density at radius 3 is 3.07 bits per heavy atom. The van der Waals surface area contributed by atoms with Crippen LogP contribution in [0.15, 0.2) is 18.3 Å². The summed E-state index contributed by atoms with van der Waals surface area (Å²) in [7, 11) is 0. The maximum absolute atomic E-state index is 5.34. The number of hydrogen-bond acceptors (Lipinski definition) is 4. The van der Waals surface area contributed by atoms with Crippen LogP contribution in [0, 0.1) is 0 Å². The van der Waals surface area contributed by atoms with Gasteiger partial charge in [0.05, 0.1) is 0 Å². The van der Waals surface area contributed by atoms with Crippen molar-refractivity contribution in [2.24, 2.45) is 0 Å². The summed E-state index contributed by atoms with van der Waals surface area (Å²) in [6.07, 6.45) is 3.74. The Morgan fingerprint density at radius 2 is 2.36 bits per heavy atom. The number of rotatable bonds is 7. The summed E-state index contributed by atoms with van der Waals surface area (Å²) >= 11 is 0. The number of aromatic nitrogens is 2. The molecule has 0 atom stereocenters. The lowest BCUT2D eigenvalue weighted by atomic mass is 10.4. The number of nitrogens with zero attached hydrogens (tertiary/aromatic N) is 2. The van der Waals surface area contributed by atoms with Crippen molar-refractivity contribution in [2.75, 3.05) is 25.1 Å². The van der Waals surface area contributed by atoms with E-state index in [4.69, 9.17) is 4.74 Å². The summed E-state index contributed by atoms with van der Waals surface area (Å²) in [6.45, 7) is 4.65. The Bertz CT molecular complexity index is 228. The average molecular weight is 195 g/mol. The first-order valence-electron chi connectivity index (χ1n) is 5.03. The van der Waals surface area contributed by atoms with Crippen LogP contribution >= 0.6 is 0 Å². The van der Waals surface area contributed by atoms with Crippen molar-refractivity contribution in [3.05, 3.63) is 18.3 Å². The predicted molar refractivity (Wildman–Crippen MR) is 56.2 cm³/mol. The molecule has 0 aliphatic carbocycles. The summed E-state index contributed by atoms with van der Waals surface area (Å²) in [5, 5.41) is 10.8. The van der Waals surface area contributed by atoms with Crippen molar-refractivity contribution in [3.8, 4) is 0 Å². The summed E-state index contributed by atoms with van der Waals surface area (Å²) < 4.78 is 5.34. The number of hydrogen-bond donors (Lipinski definition) is 1. The lowest BCUT2D eigenvalue weighted by Crippen LogP contribution is -2.07. The molecular weight excluding hydrogens is 178 g/mol. The molecule has 14 heavy (non-hydrogen) atoms. The molecular formula is C10H17N3O. The maximum Gasteiger partial charge on any atom is 0.148 e. The highest BCUT2D eigenvalue weighted by molar-refractivity contribution is 5.30. The maximum atomic E-state index is 5.34. The topological polar surface area (TPSA) is 47.0 Å². The highest BCUT2D eigenvalue weighted by Crippen LogP contribution is 1.97. The molecule has 0 bridgehead atoms. The number of nitrogens with one attached hydrogen (secondary N) is 1. The van der Waals surface area contributed by atoms with Crippen molar-refractivity contribution in [1.29, 1.82) is 0 Å². The second-order valence-electron chi connectivity index (χ2n) is 3.00. The van der Waals surface area contributed by atoms with Gasteiger partial charge < -0.3 is 10.1 Å². The molecule has 1 aromatic heterocycles. The van der Waals surface area contributed by atoms with Crippen molar-refractivity contribution in [1.82, 2.24) is 10.2 Å². The summed E-state index contributed by atoms with van der Waals surface area (Å²) in [6, 6.07) is 3.77. The Balaban J connectivity index is 1.99. The third-order valence-corrected chi connectivity index (χ3v) is 1.69. The van der Waals surface area contributed by atoms with Crippen LogP contribution in [-0.4, -0.2) is 30.0 Å². The first-order chi connectivity index (χ1) is 6.93. The van der Waals surface area contributed by atoms with Crippen LogP contribution in [0.2, 0.25) is 0 Å². The lowest BCUT2D eigenvalue weighted by molar-refractivity contribution is 0.134. The Labute approximate surface area is 84.7 Å². The van der Waals surface area contributed by atoms with Crippen LogP contribution in [0.1, 0.15) is 19.8 Å². The van der Waals surface area contributed by atoms with Gasteiger partial charge in [0.25, 0.3) is 0 Å². The predicted octanol–water partition coefficient (Wildman–Crippen LogP) is 1.71. The molecule has 78 valence electrons. The molecule has 0 radical (unpaired) electrons. The third kappa shape index (κ3) is 4.77. The smallest absolute Gasteiger partial charge is 0.148 e. The normalized spacial score (nSPS) is 10.1. The monoisotopic (exact) mass is 195 g/mol. The van der Waals surface area contributed by atoms with Gasteiger partial charge in [0, 0.05) is 26.0 Å². The molecule has 0 fully saturated rings. The minimum absolute atomic E-state index is 0.807. The zero-order chi connectivity index (χ0) is 10.1. The highest BCUT2D eigenvalue weighted by Gasteiger charge is 1.91. The molecule has 1 aromatic rings. The second kappa shape index (κ2) is 7.26. The van der Waals surface area contributed by atoms with Crippen molar-refractivity contribution in [2.45, 2.75) is 19.8 Å². The van der Waals surface area contributed by atoms with E-state index < -0.39 is 0 Å². The number of ether oxygens (including phenoxy) is 1. The quantitative estimate of drug-likeness (QED) is 0.673. The first-order valence-corrected chi connectivity index (χ1v) is 5.03. The van der Waals surface area contributed by atoms with Gasteiger partial charge in [0.1, 0.15) is 5.82 Å². The van der Waals surface area contributed by atoms with Gasteiger partial charge in [-0.3, -0.25) is 0 Å². The van der Waals surface area contributed by atoms with Crippen LogP contribution in [0.25, 0.3) is 0 Å². The van der Waals surface area contributed by atoms with Gasteiger partial charge in [-0.15, -0.1) is 5.10 Å². The fraction of sp³-hybridized carbons (Fsp3) is 0.600. The van der Waals surface area contributed by atoms with E-state index in [-0.39, 0.29) is 0 Å². The fourth-order valence-corrected chi connectivity index (χ4v) is 1.03. The minimum Gasteiger partial charge on any atom is -0.381 e. The van der Waals surface area contributed by atoms with Crippen LogP contribution in [0.4, 0.5) is 5.82 Å². The molecule has 0 amide bonds. The molecule has 1 rings (SSSR count). The van der Waals surface area contributed by atoms with Crippen molar-refractivity contribution < 1.29 is 4.74 Å². The van der Waals surface area contributed by atoms with Gasteiger partial charge in [-0.25, -0.2) is 0 Å². The molecule has 0 aromatic carbocycles. The van der Waals surface area contributed by atoms with Gasteiger partial charge in [-0.1, -0.05) is 6.92 Å². The Hall–Kier alpha value is -1.16. The molecule has 0 unspecified atom stereocenters. The molecule has 0 aliphatic rings. The second-order valence-corrected chi connectivity index (χ2v) is 3.00. The Morgan fingerprint density at radius 1 is 1.43 bits per heavy atom. The Kier molecular flexibility index (Phi) is 5.66. The van der Waals surface area contributed by atoms with Gasteiger partial charge in [-0.05, 0) is 25.0 Å². The molecule has 0 spiro atoms.